The maximum atomic E-state index is 12.3. The van der Waals surface area contributed by atoms with Crippen LogP contribution in [-0.2, 0) is 16.6 Å². The maximum absolute atomic E-state index is 12.3. The number of nitrogens with one attached hydrogen (secondary N) is 1. The summed E-state index contributed by atoms with van der Waals surface area (Å²) in [6.45, 7) is 2.10. The van der Waals surface area contributed by atoms with Crippen molar-refractivity contribution >= 4 is 27.2 Å². The number of anilines is 1. The summed E-state index contributed by atoms with van der Waals surface area (Å²) in [4.78, 5) is 14.0. The van der Waals surface area contributed by atoms with Gasteiger partial charge in [0.1, 0.15) is 0 Å². The van der Waals surface area contributed by atoms with Crippen LogP contribution in [0, 0.1) is 10.1 Å². The van der Waals surface area contributed by atoms with Gasteiger partial charge in [0.05, 0.1) is 22.2 Å². The van der Waals surface area contributed by atoms with Gasteiger partial charge < -0.3 is 5.73 Å². The molecule has 0 aromatic heterocycles. The van der Waals surface area contributed by atoms with Gasteiger partial charge in [0.2, 0.25) is 0 Å². The molecule has 0 aliphatic rings. The number of non-ortho nitro benzene ring substituents is 1. The molecular weight excluding hydrogens is 332 g/mol. The second kappa shape index (κ2) is 7.09. The van der Waals surface area contributed by atoms with Crippen LogP contribution in [0.1, 0.15) is 12.5 Å². The van der Waals surface area contributed by atoms with Crippen molar-refractivity contribution in [1.29, 1.82) is 0 Å². The number of rotatable bonds is 6. The van der Waals surface area contributed by atoms with E-state index in [-0.39, 0.29) is 10.6 Å². The summed E-state index contributed by atoms with van der Waals surface area (Å²) in [5, 5.41) is 10.6. The first-order valence-corrected chi connectivity index (χ1v) is 8.39. The Bertz CT molecular complexity index is 855. The summed E-state index contributed by atoms with van der Waals surface area (Å²) >= 11 is 0. The zero-order valence-electron chi connectivity index (χ0n) is 12.8. The molecular formula is C15H16N4O4S. The van der Waals surface area contributed by atoms with E-state index in [0.29, 0.717) is 18.1 Å². The molecule has 0 saturated heterocycles. The quantitative estimate of drug-likeness (QED) is 0.358. The minimum absolute atomic E-state index is 0.0551. The van der Waals surface area contributed by atoms with Gasteiger partial charge in [0.25, 0.3) is 15.7 Å². The molecule has 0 heterocycles. The molecule has 2 aromatic rings. The van der Waals surface area contributed by atoms with Crippen molar-refractivity contribution in [3.05, 3.63) is 64.2 Å². The SMILES string of the molecule is CC(N)=NCc1ccc(NS(=O)(=O)c2ccc([N+](=O)[O-])cc2)cc1. The number of nitro groups is 1. The second-order valence-corrected chi connectivity index (χ2v) is 6.69. The van der Waals surface area contributed by atoms with Crippen LogP contribution >= 0.6 is 0 Å². The monoisotopic (exact) mass is 348 g/mol. The topological polar surface area (TPSA) is 128 Å². The van der Waals surface area contributed by atoms with E-state index in [1.54, 1.807) is 31.2 Å². The third kappa shape index (κ3) is 4.53. The molecule has 0 spiro atoms. The van der Waals surface area contributed by atoms with Gasteiger partial charge in [0, 0.05) is 17.8 Å². The van der Waals surface area contributed by atoms with Gasteiger partial charge in [-0.2, -0.15) is 0 Å². The molecule has 2 rings (SSSR count). The van der Waals surface area contributed by atoms with Crippen molar-refractivity contribution in [3.8, 4) is 0 Å². The zero-order valence-corrected chi connectivity index (χ0v) is 13.7. The van der Waals surface area contributed by atoms with Crippen LogP contribution in [0.3, 0.4) is 0 Å². The summed E-state index contributed by atoms with van der Waals surface area (Å²) in [7, 11) is -3.81. The fourth-order valence-corrected chi connectivity index (χ4v) is 2.91. The molecule has 0 radical (unpaired) electrons. The number of nitrogens with zero attached hydrogens (tertiary/aromatic N) is 2. The average Bonchev–Trinajstić information content (AvgIpc) is 2.54. The number of nitro benzene ring substituents is 1. The second-order valence-electron chi connectivity index (χ2n) is 5.01. The van der Waals surface area contributed by atoms with E-state index in [0.717, 1.165) is 17.7 Å². The van der Waals surface area contributed by atoms with Crippen molar-refractivity contribution in [2.24, 2.45) is 10.7 Å². The van der Waals surface area contributed by atoms with Crippen molar-refractivity contribution in [2.75, 3.05) is 4.72 Å². The van der Waals surface area contributed by atoms with Crippen molar-refractivity contribution in [2.45, 2.75) is 18.4 Å². The van der Waals surface area contributed by atoms with E-state index in [1.165, 1.54) is 12.1 Å². The third-order valence-electron chi connectivity index (χ3n) is 3.08. The van der Waals surface area contributed by atoms with Gasteiger partial charge in [-0.25, -0.2) is 8.42 Å². The molecule has 0 amide bonds. The van der Waals surface area contributed by atoms with E-state index >= 15 is 0 Å². The number of amidine groups is 1. The third-order valence-corrected chi connectivity index (χ3v) is 4.47. The lowest BCUT2D eigenvalue weighted by atomic mass is 10.2. The van der Waals surface area contributed by atoms with Crippen LogP contribution in [-0.4, -0.2) is 19.2 Å². The van der Waals surface area contributed by atoms with E-state index < -0.39 is 14.9 Å². The van der Waals surface area contributed by atoms with E-state index in [4.69, 9.17) is 5.73 Å². The molecule has 24 heavy (non-hydrogen) atoms. The Morgan fingerprint density at radius 1 is 1.17 bits per heavy atom. The number of aliphatic imine (C=N–C) groups is 1. The van der Waals surface area contributed by atoms with Crippen molar-refractivity contribution in [1.82, 2.24) is 0 Å². The molecule has 9 heteroatoms. The molecule has 0 atom stereocenters. The zero-order chi connectivity index (χ0) is 17.7. The highest BCUT2D eigenvalue weighted by molar-refractivity contribution is 7.92. The molecule has 0 aliphatic carbocycles. The van der Waals surface area contributed by atoms with E-state index in [1.807, 2.05) is 0 Å². The summed E-state index contributed by atoms with van der Waals surface area (Å²) in [5.74, 6) is 0.470. The number of sulfonamides is 1. The minimum atomic E-state index is -3.81. The highest BCUT2D eigenvalue weighted by Gasteiger charge is 2.15. The van der Waals surface area contributed by atoms with Crippen molar-refractivity contribution in [3.63, 3.8) is 0 Å². The predicted octanol–water partition coefficient (Wildman–Crippen LogP) is 2.27. The molecule has 0 bridgehead atoms. The Morgan fingerprint density at radius 2 is 1.75 bits per heavy atom. The van der Waals surface area contributed by atoms with Gasteiger partial charge >= 0.3 is 0 Å². The van der Waals surface area contributed by atoms with Gasteiger partial charge in [-0.3, -0.25) is 19.8 Å². The predicted molar refractivity (Wildman–Crippen MR) is 91.3 cm³/mol. The Morgan fingerprint density at radius 3 is 2.25 bits per heavy atom. The van der Waals surface area contributed by atoms with Crippen LogP contribution in [0.2, 0.25) is 0 Å². The normalized spacial score (nSPS) is 12.0. The standard InChI is InChI=1S/C15H16N4O4S/c1-11(16)17-10-12-2-4-13(5-3-12)18-24(22,23)15-8-6-14(7-9-15)19(20)21/h2-9,18H,10H2,1H3,(H2,16,17). The highest BCUT2D eigenvalue weighted by Crippen LogP contribution is 2.19. The molecule has 0 aliphatic heterocycles. The number of hydrogen-bond acceptors (Lipinski definition) is 5. The van der Waals surface area contributed by atoms with Crippen LogP contribution in [0.5, 0.6) is 0 Å². The lowest BCUT2D eigenvalue weighted by molar-refractivity contribution is -0.384. The molecule has 2 aromatic carbocycles. The van der Waals surface area contributed by atoms with Gasteiger partial charge in [-0.05, 0) is 36.8 Å². The van der Waals surface area contributed by atoms with Gasteiger partial charge in [-0.15, -0.1) is 0 Å². The molecule has 0 saturated carbocycles. The summed E-state index contributed by atoms with van der Waals surface area (Å²) in [6.07, 6.45) is 0. The van der Waals surface area contributed by atoms with Crippen LogP contribution in [0.4, 0.5) is 11.4 Å². The van der Waals surface area contributed by atoms with Gasteiger partial charge in [0.15, 0.2) is 0 Å². The van der Waals surface area contributed by atoms with Crippen molar-refractivity contribution < 1.29 is 13.3 Å². The van der Waals surface area contributed by atoms with Crippen LogP contribution in [0.15, 0.2) is 58.4 Å². The maximum Gasteiger partial charge on any atom is 0.269 e. The first-order chi connectivity index (χ1) is 11.3. The number of benzene rings is 2. The molecule has 3 N–H and O–H groups in total. The highest BCUT2D eigenvalue weighted by atomic mass is 32.2. The Balaban J connectivity index is 2.14. The summed E-state index contributed by atoms with van der Waals surface area (Å²) in [6, 6.07) is 11.4. The number of nitrogens with two attached hydrogens (primary N) is 1. The smallest absolute Gasteiger partial charge is 0.269 e. The minimum Gasteiger partial charge on any atom is -0.388 e. The summed E-state index contributed by atoms with van der Waals surface area (Å²) in [5.41, 5.74) is 6.56. The molecule has 0 unspecified atom stereocenters. The Kier molecular flexibility index (Phi) is 5.14. The summed E-state index contributed by atoms with van der Waals surface area (Å²) < 4.78 is 26.9. The first kappa shape index (κ1) is 17.4. The first-order valence-electron chi connectivity index (χ1n) is 6.91. The Labute approximate surface area is 139 Å². The molecule has 0 fully saturated rings. The van der Waals surface area contributed by atoms with Crippen LogP contribution < -0.4 is 10.5 Å². The van der Waals surface area contributed by atoms with E-state index in [9.17, 15) is 18.5 Å². The Hall–Kier alpha value is -2.94. The van der Waals surface area contributed by atoms with Crippen LogP contribution in [0.25, 0.3) is 0 Å². The number of hydrogen-bond donors (Lipinski definition) is 2. The lowest BCUT2D eigenvalue weighted by Gasteiger charge is -2.08. The van der Waals surface area contributed by atoms with E-state index in [2.05, 4.69) is 9.71 Å². The molecule has 8 nitrogen and oxygen atoms in total. The average molecular weight is 348 g/mol. The van der Waals surface area contributed by atoms with Gasteiger partial charge in [-0.1, -0.05) is 12.1 Å². The molecule has 126 valence electrons. The largest absolute Gasteiger partial charge is 0.388 e. The fraction of sp³-hybridized carbons (Fsp3) is 0.133. The lowest BCUT2D eigenvalue weighted by Crippen LogP contribution is -2.12. The fourth-order valence-electron chi connectivity index (χ4n) is 1.86.